The summed E-state index contributed by atoms with van der Waals surface area (Å²) in [4.78, 5) is 10.5. The highest BCUT2D eigenvalue weighted by molar-refractivity contribution is 7.09. The molecule has 6 heteroatoms. The number of likely N-dealkylation sites (tertiary alicyclic amines) is 1. The maximum Gasteiger partial charge on any atom is 0.151 e. The van der Waals surface area contributed by atoms with Crippen molar-refractivity contribution in [1.82, 2.24) is 20.1 Å². The fraction of sp³-hybridized carbons (Fsp3) is 0.588. The van der Waals surface area contributed by atoms with E-state index in [1.807, 2.05) is 18.6 Å². The standard InChI is InChI=1S/C17H23N5S/c1-12-3-6-17(20-19-12)21(2)16-5-4-13-8-22(10-15(13)16)9-14-7-18-11-23-14/h3,6-7,11,13,15-16H,4-5,8-10H2,1-2H3/t13-,15+,16-/m1/s1. The van der Waals surface area contributed by atoms with E-state index in [4.69, 9.17) is 0 Å². The summed E-state index contributed by atoms with van der Waals surface area (Å²) in [5.41, 5.74) is 2.90. The molecule has 1 aliphatic carbocycles. The van der Waals surface area contributed by atoms with Gasteiger partial charge in [0.15, 0.2) is 5.82 Å². The quantitative estimate of drug-likeness (QED) is 0.863. The van der Waals surface area contributed by atoms with E-state index in [0.717, 1.165) is 29.9 Å². The molecule has 0 N–H and O–H groups in total. The lowest BCUT2D eigenvalue weighted by Crippen LogP contribution is -2.38. The number of hydrogen-bond acceptors (Lipinski definition) is 6. The van der Waals surface area contributed by atoms with Gasteiger partial charge in [-0.15, -0.1) is 16.4 Å². The normalized spacial score (nSPS) is 27.3. The van der Waals surface area contributed by atoms with E-state index in [-0.39, 0.29) is 0 Å². The summed E-state index contributed by atoms with van der Waals surface area (Å²) in [6.45, 7) is 5.46. The molecular weight excluding hydrogens is 306 g/mol. The number of hydrogen-bond donors (Lipinski definition) is 0. The second-order valence-corrected chi connectivity index (χ2v) is 7.85. The molecule has 0 aromatic carbocycles. The van der Waals surface area contributed by atoms with E-state index in [1.54, 1.807) is 11.3 Å². The number of aromatic nitrogens is 3. The molecule has 0 radical (unpaired) electrons. The van der Waals surface area contributed by atoms with Crippen molar-refractivity contribution >= 4 is 17.2 Å². The third-order valence-corrected chi connectivity index (χ3v) is 6.16. The van der Waals surface area contributed by atoms with Crippen molar-refractivity contribution in [3.8, 4) is 0 Å². The van der Waals surface area contributed by atoms with Crippen molar-refractivity contribution in [3.63, 3.8) is 0 Å². The Kier molecular flexibility index (Phi) is 4.03. The maximum absolute atomic E-state index is 4.37. The second kappa shape index (κ2) is 6.17. The van der Waals surface area contributed by atoms with Crippen LogP contribution in [0.15, 0.2) is 23.8 Å². The molecule has 122 valence electrons. The van der Waals surface area contributed by atoms with Gasteiger partial charge in [-0.3, -0.25) is 9.88 Å². The Hall–Kier alpha value is -1.53. The van der Waals surface area contributed by atoms with Crippen LogP contribution in [0.5, 0.6) is 0 Å². The molecule has 0 amide bonds. The minimum absolute atomic E-state index is 0.587. The van der Waals surface area contributed by atoms with Gasteiger partial charge < -0.3 is 4.90 Å². The topological polar surface area (TPSA) is 45.2 Å². The van der Waals surface area contributed by atoms with Gasteiger partial charge in [-0.05, 0) is 43.7 Å². The molecule has 0 bridgehead atoms. The molecule has 1 saturated heterocycles. The Morgan fingerprint density at radius 3 is 2.91 bits per heavy atom. The highest BCUT2D eigenvalue weighted by Crippen LogP contribution is 2.41. The molecule has 3 heterocycles. The smallest absolute Gasteiger partial charge is 0.151 e. The largest absolute Gasteiger partial charge is 0.355 e. The Morgan fingerprint density at radius 1 is 1.26 bits per heavy atom. The molecule has 0 spiro atoms. The average molecular weight is 329 g/mol. The first-order chi connectivity index (χ1) is 11.2. The summed E-state index contributed by atoms with van der Waals surface area (Å²) in [5.74, 6) is 2.58. The van der Waals surface area contributed by atoms with Crippen LogP contribution >= 0.6 is 11.3 Å². The number of nitrogens with zero attached hydrogens (tertiary/aromatic N) is 5. The van der Waals surface area contributed by atoms with Gasteiger partial charge in [0.1, 0.15) is 0 Å². The lowest BCUT2D eigenvalue weighted by Gasteiger charge is -2.30. The van der Waals surface area contributed by atoms with Crippen LogP contribution < -0.4 is 4.90 Å². The third kappa shape index (κ3) is 2.97. The first-order valence-corrected chi connectivity index (χ1v) is 9.21. The fourth-order valence-corrected chi connectivity index (χ4v) is 4.87. The molecule has 3 atom stereocenters. The van der Waals surface area contributed by atoms with Gasteiger partial charge in [0.2, 0.25) is 0 Å². The maximum atomic E-state index is 4.37. The summed E-state index contributed by atoms with van der Waals surface area (Å²) in [6, 6.07) is 4.74. The summed E-state index contributed by atoms with van der Waals surface area (Å²) >= 11 is 1.76. The van der Waals surface area contributed by atoms with E-state index in [9.17, 15) is 0 Å². The number of anilines is 1. The molecule has 2 fully saturated rings. The molecule has 1 saturated carbocycles. The molecule has 5 nitrogen and oxygen atoms in total. The summed E-state index contributed by atoms with van der Waals surface area (Å²) in [7, 11) is 2.18. The first kappa shape index (κ1) is 15.0. The van der Waals surface area contributed by atoms with Crippen molar-refractivity contribution in [2.45, 2.75) is 32.4 Å². The van der Waals surface area contributed by atoms with Gasteiger partial charge in [-0.25, -0.2) is 0 Å². The zero-order valence-electron chi connectivity index (χ0n) is 13.7. The molecule has 4 rings (SSSR count). The molecule has 1 aliphatic heterocycles. The number of aryl methyl sites for hydroxylation is 1. The lowest BCUT2D eigenvalue weighted by atomic mass is 9.97. The predicted molar refractivity (Wildman–Crippen MR) is 92.6 cm³/mol. The van der Waals surface area contributed by atoms with Gasteiger partial charge in [-0.1, -0.05) is 0 Å². The molecule has 23 heavy (non-hydrogen) atoms. The van der Waals surface area contributed by atoms with E-state index >= 15 is 0 Å². The molecule has 0 unspecified atom stereocenters. The summed E-state index contributed by atoms with van der Waals surface area (Å²) in [6.07, 6.45) is 4.61. The number of rotatable bonds is 4. The first-order valence-electron chi connectivity index (χ1n) is 8.33. The van der Waals surface area contributed by atoms with Gasteiger partial charge in [0.05, 0.1) is 11.2 Å². The second-order valence-electron chi connectivity index (χ2n) is 6.87. The van der Waals surface area contributed by atoms with Crippen molar-refractivity contribution in [2.75, 3.05) is 25.0 Å². The van der Waals surface area contributed by atoms with Crippen molar-refractivity contribution in [1.29, 1.82) is 0 Å². The van der Waals surface area contributed by atoms with Crippen molar-refractivity contribution in [2.24, 2.45) is 11.8 Å². The van der Waals surface area contributed by atoms with Crippen LogP contribution in [0, 0.1) is 18.8 Å². The highest BCUT2D eigenvalue weighted by atomic mass is 32.1. The van der Waals surface area contributed by atoms with Crippen LogP contribution in [0.25, 0.3) is 0 Å². The molecular formula is C17H23N5S. The summed E-state index contributed by atoms with van der Waals surface area (Å²) in [5, 5.41) is 8.59. The van der Waals surface area contributed by atoms with E-state index < -0.39 is 0 Å². The van der Waals surface area contributed by atoms with Crippen LogP contribution in [-0.2, 0) is 6.54 Å². The van der Waals surface area contributed by atoms with Crippen LogP contribution in [0.4, 0.5) is 5.82 Å². The fourth-order valence-electron chi connectivity index (χ4n) is 4.23. The van der Waals surface area contributed by atoms with E-state index in [2.05, 4.69) is 44.2 Å². The van der Waals surface area contributed by atoms with Crippen molar-refractivity contribution in [3.05, 3.63) is 34.4 Å². The van der Waals surface area contributed by atoms with Gasteiger partial charge in [0.25, 0.3) is 0 Å². The van der Waals surface area contributed by atoms with Gasteiger partial charge in [0, 0.05) is 43.8 Å². The number of fused-ring (bicyclic) bond motifs is 1. The zero-order valence-corrected chi connectivity index (χ0v) is 14.5. The predicted octanol–water partition coefficient (Wildman–Crippen LogP) is 2.59. The lowest BCUT2D eigenvalue weighted by molar-refractivity contribution is 0.299. The van der Waals surface area contributed by atoms with Crippen LogP contribution in [0.3, 0.4) is 0 Å². The molecule has 2 aromatic heterocycles. The minimum Gasteiger partial charge on any atom is -0.355 e. The Morgan fingerprint density at radius 2 is 2.17 bits per heavy atom. The minimum atomic E-state index is 0.587. The SMILES string of the molecule is Cc1ccc(N(C)[C@@H]2CC[C@@H]3CN(Cc4cncs4)C[C@@H]32)nn1. The Balaban J connectivity index is 1.44. The molecule has 2 aliphatic rings. The van der Waals surface area contributed by atoms with Crippen LogP contribution in [0.2, 0.25) is 0 Å². The monoisotopic (exact) mass is 329 g/mol. The zero-order chi connectivity index (χ0) is 15.8. The Bertz CT molecular complexity index is 642. The van der Waals surface area contributed by atoms with Gasteiger partial charge >= 0.3 is 0 Å². The Labute approximate surface area is 141 Å². The van der Waals surface area contributed by atoms with Crippen LogP contribution in [0.1, 0.15) is 23.4 Å². The summed E-state index contributed by atoms with van der Waals surface area (Å²) < 4.78 is 0. The molecule has 2 aromatic rings. The highest BCUT2D eigenvalue weighted by Gasteiger charge is 2.44. The average Bonchev–Trinajstić information content (AvgIpc) is 3.25. The van der Waals surface area contributed by atoms with E-state index in [1.165, 1.54) is 30.8 Å². The van der Waals surface area contributed by atoms with Gasteiger partial charge in [-0.2, -0.15) is 5.10 Å². The van der Waals surface area contributed by atoms with Crippen LogP contribution in [-0.4, -0.2) is 46.3 Å². The third-order valence-electron chi connectivity index (χ3n) is 5.40. The van der Waals surface area contributed by atoms with Crippen molar-refractivity contribution < 1.29 is 0 Å². The van der Waals surface area contributed by atoms with E-state index in [0.29, 0.717) is 6.04 Å². The number of thiazole rings is 1.